The van der Waals surface area contributed by atoms with Crippen LogP contribution in [0.25, 0.3) is 0 Å². The Labute approximate surface area is 123 Å². The molecule has 102 valence electrons. The fourth-order valence-corrected chi connectivity index (χ4v) is 2.64. The molecule has 0 radical (unpaired) electrons. The Morgan fingerprint density at radius 3 is 2.74 bits per heavy atom. The van der Waals surface area contributed by atoms with Gasteiger partial charge in [-0.1, -0.05) is 28.1 Å². The highest BCUT2D eigenvalue weighted by Gasteiger charge is 2.10. The molecule has 19 heavy (non-hydrogen) atoms. The number of hydrogen-bond donors (Lipinski definition) is 1. The largest absolute Gasteiger partial charge is 0.316 e. The fourth-order valence-electron chi connectivity index (χ4n) is 2.19. The van der Waals surface area contributed by atoms with E-state index in [-0.39, 0.29) is 0 Å². The van der Waals surface area contributed by atoms with Gasteiger partial charge >= 0.3 is 0 Å². The van der Waals surface area contributed by atoms with E-state index < -0.39 is 0 Å². The lowest BCUT2D eigenvalue weighted by atomic mass is 10.0. The zero-order valence-electron chi connectivity index (χ0n) is 11.4. The lowest BCUT2D eigenvalue weighted by Crippen LogP contribution is -2.29. The van der Waals surface area contributed by atoms with Gasteiger partial charge in [0.15, 0.2) is 0 Å². The summed E-state index contributed by atoms with van der Waals surface area (Å²) in [6, 6.07) is 8.93. The molecule has 0 aliphatic rings. The summed E-state index contributed by atoms with van der Waals surface area (Å²) in [5, 5.41) is 7.72. The van der Waals surface area contributed by atoms with Crippen molar-refractivity contribution in [1.82, 2.24) is 15.1 Å². The Bertz CT molecular complexity index is 522. The number of nitrogens with zero attached hydrogens (tertiary/aromatic N) is 2. The summed E-state index contributed by atoms with van der Waals surface area (Å²) in [4.78, 5) is 0. The van der Waals surface area contributed by atoms with Gasteiger partial charge in [-0.2, -0.15) is 5.10 Å². The van der Waals surface area contributed by atoms with Gasteiger partial charge in [0.2, 0.25) is 0 Å². The van der Waals surface area contributed by atoms with Crippen LogP contribution in [0.5, 0.6) is 0 Å². The number of likely N-dealkylation sites (N-methyl/N-ethyl adjacent to an activating group) is 1. The molecular formula is C15H20BrN3. The smallest absolute Gasteiger partial charge is 0.0522 e. The van der Waals surface area contributed by atoms with Crippen molar-refractivity contribution in [3.05, 3.63) is 52.3 Å². The van der Waals surface area contributed by atoms with Crippen molar-refractivity contribution in [3.8, 4) is 0 Å². The molecule has 1 aromatic heterocycles. The van der Waals surface area contributed by atoms with Crippen LogP contribution in [0.4, 0.5) is 0 Å². The summed E-state index contributed by atoms with van der Waals surface area (Å²) in [6.45, 7) is 3.03. The maximum atomic E-state index is 4.32. The van der Waals surface area contributed by atoms with Gasteiger partial charge in [0, 0.05) is 23.3 Å². The minimum Gasteiger partial charge on any atom is -0.316 e. The summed E-state index contributed by atoms with van der Waals surface area (Å²) in [5.74, 6) is 0. The Morgan fingerprint density at radius 1 is 1.32 bits per heavy atom. The zero-order valence-corrected chi connectivity index (χ0v) is 13.0. The zero-order chi connectivity index (χ0) is 13.7. The lowest BCUT2D eigenvalue weighted by molar-refractivity contribution is 0.555. The number of aryl methyl sites for hydroxylation is 1. The first-order chi connectivity index (χ1) is 9.21. The highest BCUT2D eigenvalue weighted by atomic mass is 79.9. The molecule has 1 heterocycles. The number of benzene rings is 1. The average Bonchev–Trinajstić information content (AvgIpc) is 2.85. The Morgan fingerprint density at radius 2 is 2.11 bits per heavy atom. The first-order valence-electron chi connectivity index (χ1n) is 6.64. The fraction of sp³-hybridized carbons (Fsp3) is 0.400. The van der Waals surface area contributed by atoms with Crippen molar-refractivity contribution >= 4 is 15.9 Å². The van der Waals surface area contributed by atoms with E-state index in [0.29, 0.717) is 6.04 Å². The summed E-state index contributed by atoms with van der Waals surface area (Å²) >= 11 is 3.52. The van der Waals surface area contributed by atoms with E-state index in [1.54, 1.807) is 0 Å². The van der Waals surface area contributed by atoms with E-state index in [0.717, 1.165) is 23.9 Å². The molecule has 4 heteroatoms. The molecule has 0 bridgehead atoms. The molecule has 0 amide bonds. The molecule has 1 aromatic carbocycles. The third-order valence-corrected chi connectivity index (χ3v) is 3.77. The number of aromatic nitrogens is 2. The lowest BCUT2D eigenvalue weighted by Gasteiger charge is -2.15. The van der Waals surface area contributed by atoms with Crippen LogP contribution >= 0.6 is 15.9 Å². The molecule has 0 aliphatic heterocycles. The average molecular weight is 322 g/mol. The van der Waals surface area contributed by atoms with Crippen molar-refractivity contribution in [1.29, 1.82) is 0 Å². The van der Waals surface area contributed by atoms with E-state index in [9.17, 15) is 0 Å². The van der Waals surface area contributed by atoms with Crippen LogP contribution in [0.1, 0.15) is 18.1 Å². The van der Waals surface area contributed by atoms with Crippen LogP contribution in [-0.4, -0.2) is 22.9 Å². The standard InChI is InChI=1S/C15H20BrN3/c1-3-19-11-13(10-18-19)9-15(17-2)8-12-5-4-6-14(16)7-12/h4-7,10-11,15,17H,3,8-9H2,1-2H3. The van der Waals surface area contributed by atoms with Crippen LogP contribution in [0, 0.1) is 0 Å². The second kappa shape index (κ2) is 6.87. The molecule has 0 fully saturated rings. The molecular weight excluding hydrogens is 302 g/mol. The minimum absolute atomic E-state index is 0.434. The van der Waals surface area contributed by atoms with Gasteiger partial charge < -0.3 is 5.32 Å². The molecule has 0 spiro atoms. The predicted octanol–water partition coefficient (Wildman–Crippen LogP) is 3.04. The van der Waals surface area contributed by atoms with Gasteiger partial charge in [0.1, 0.15) is 0 Å². The second-order valence-corrected chi connectivity index (χ2v) is 5.64. The number of nitrogens with one attached hydrogen (secondary N) is 1. The Balaban J connectivity index is 2.00. The van der Waals surface area contributed by atoms with E-state index in [1.165, 1.54) is 11.1 Å². The first kappa shape index (κ1) is 14.3. The van der Waals surface area contributed by atoms with Gasteiger partial charge in [-0.15, -0.1) is 0 Å². The van der Waals surface area contributed by atoms with Gasteiger partial charge in [0.05, 0.1) is 6.20 Å². The molecule has 1 atom stereocenters. The maximum Gasteiger partial charge on any atom is 0.0522 e. The highest BCUT2D eigenvalue weighted by Crippen LogP contribution is 2.14. The molecule has 0 saturated carbocycles. The van der Waals surface area contributed by atoms with Gasteiger partial charge in [-0.3, -0.25) is 4.68 Å². The summed E-state index contributed by atoms with van der Waals surface area (Å²) < 4.78 is 3.11. The quantitative estimate of drug-likeness (QED) is 0.886. The minimum atomic E-state index is 0.434. The topological polar surface area (TPSA) is 29.9 Å². The number of rotatable bonds is 6. The highest BCUT2D eigenvalue weighted by molar-refractivity contribution is 9.10. The van der Waals surface area contributed by atoms with Gasteiger partial charge in [-0.25, -0.2) is 0 Å². The number of halogens is 1. The molecule has 0 saturated heterocycles. The van der Waals surface area contributed by atoms with E-state index in [2.05, 4.69) is 63.7 Å². The molecule has 1 unspecified atom stereocenters. The molecule has 1 N–H and O–H groups in total. The monoisotopic (exact) mass is 321 g/mol. The van der Waals surface area contributed by atoms with Crippen molar-refractivity contribution < 1.29 is 0 Å². The summed E-state index contributed by atoms with van der Waals surface area (Å²) in [5.41, 5.74) is 2.63. The molecule has 2 aromatic rings. The summed E-state index contributed by atoms with van der Waals surface area (Å²) in [7, 11) is 2.02. The van der Waals surface area contributed by atoms with Gasteiger partial charge in [-0.05, 0) is 50.1 Å². The second-order valence-electron chi connectivity index (χ2n) is 4.73. The predicted molar refractivity (Wildman–Crippen MR) is 82.3 cm³/mol. The summed E-state index contributed by atoms with van der Waals surface area (Å²) in [6.07, 6.45) is 6.12. The molecule has 0 aliphatic carbocycles. The van der Waals surface area contributed by atoms with Crippen LogP contribution < -0.4 is 5.32 Å². The SMILES string of the molecule is CCn1cc(CC(Cc2cccc(Br)c2)NC)cn1. The van der Waals surface area contributed by atoms with E-state index in [1.807, 2.05) is 17.9 Å². The van der Waals surface area contributed by atoms with Crippen LogP contribution in [0.15, 0.2) is 41.1 Å². The first-order valence-corrected chi connectivity index (χ1v) is 7.43. The van der Waals surface area contributed by atoms with Crippen LogP contribution in [0.2, 0.25) is 0 Å². The van der Waals surface area contributed by atoms with Crippen molar-refractivity contribution in [2.75, 3.05) is 7.05 Å². The van der Waals surface area contributed by atoms with Crippen molar-refractivity contribution in [3.63, 3.8) is 0 Å². The van der Waals surface area contributed by atoms with Crippen LogP contribution in [0.3, 0.4) is 0 Å². The Hall–Kier alpha value is -1.13. The normalized spacial score (nSPS) is 12.6. The third kappa shape index (κ3) is 4.18. The Kier molecular flexibility index (Phi) is 5.16. The third-order valence-electron chi connectivity index (χ3n) is 3.27. The number of hydrogen-bond acceptors (Lipinski definition) is 2. The molecule has 2 rings (SSSR count). The van der Waals surface area contributed by atoms with E-state index >= 15 is 0 Å². The van der Waals surface area contributed by atoms with Crippen LogP contribution in [-0.2, 0) is 19.4 Å². The van der Waals surface area contributed by atoms with Crippen molar-refractivity contribution in [2.24, 2.45) is 0 Å². The van der Waals surface area contributed by atoms with Crippen molar-refractivity contribution in [2.45, 2.75) is 32.4 Å². The van der Waals surface area contributed by atoms with Gasteiger partial charge in [0.25, 0.3) is 0 Å². The molecule has 3 nitrogen and oxygen atoms in total. The maximum absolute atomic E-state index is 4.32. The van der Waals surface area contributed by atoms with E-state index in [4.69, 9.17) is 0 Å².